The molecule has 0 spiro atoms. The first-order chi connectivity index (χ1) is 12.9. The largest absolute Gasteiger partial charge is 0.371 e. The Morgan fingerprint density at radius 2 is 1.81 bits per heavy atom. The smallest absolute Gasteiger partial charge is 0.265 e. The summed E-state index contributed by atoms with van der Waals surface area (Å²) in [5, 5.41) is 5.17. The zero-order chi connectivity index (χ0) is 18.9. The van der Waals surface area contributed by atoms with Gasteiger partial charge in [0.05, 0.1) is 17.9 Å². The summed E-state index contributed by atoms with van der Waals surface area (Å²) >= 11 is 3.53. The highest BCUT2D eigenvalue weighted by molar-refractivity contribution is 9.10. The van der Waals surface area contributed by atoms with Crippen molar-refractivity contribution in [3.63, 3.8) is 0 Å². The number of anilines is 1. The maximum atomic E-state index is 13.0. The number of nitrogens with zero attached hydrogens (tertiary/aromatic N) is 5. The molecule has 3 aliphatic rings. The number of hydrogen-bond acceptors (Lipinski definition) is 5. The van der Waals surface area contributed by atoms with E-state index in [2.05, 4.69) is 25.9 Å². The quantitative estimate of drug-likeness (QED) is 0.625. The van der Waals surface area contributed by atoms with Crippen LogP contribution in [0.4, 0.5) is 5.95 Å². The molecule has 27 heavy (non-hydrogen) atoms. The van der Waals surface area contributed by atoms with Gasteiger partial charge in [0, 0.05) is 37.2 Å². The summed E-state index contributed by atoms with van der Waals surface area (Å²) in [6.45, 7) is 5.62. The molecule has 3 aliphatic heterocycles. The van der Waals surface area contributed by atoms with Gasteiger partial charge in [-0.15, -0.1) is 5.10 Å². The number of ether oxygens (including phenoxy) is 1. The molecule has 2 atom stereocenters. The van der Waals surface area contributed by atoms with Gasteiger partial charge < -0.3 is 9.64 Å². The predicted octanol–water partition coefficient (Wildman–Crippen LogP) is 2.48. The van der Waals surface area contributed by atoms with E-state index in [4.69, 9.17) is 9.72 Å². The number of aryl methyl sites for hydroxylation is 2. The number of fused-ring (bicyclic) bond motifs is 3. The first-order valence-electron chi connectivity index (χ1n) is 9.04. The molecule has 0 aliphatic carbocycles. The van der Waals surface area contributed by atoms with Gasteiger partial charge in [-0.1, -0.05) is 15.9 Å². The van der Waals surface area contributed by atoms with E-state index in [1.165, 1.54) is 0 Å². The van der Waals surface area contributed by atoms with Gasteiger partial charge in [-0.05, 0) is 37.1 Å². The molecule has 0 N–H and O–H groups in total. The SMILES string of the molecule is Cc1cc(Br)cc(C)c1-n1cc2c(=O)n(C)c(N3CC4CC(C3)O4)nc2n1. The highest BCUT2D eigenvalue weighted by Crippen LogP contribution is 2.30. The first-order valence-corrected chi connectivity index (χ1v) is 9.84. The van der Waals surface area contributed by atoms with E-state index in [0.717, 1.165) is 40.8 Å². The van der Waals surface area contributed by atoms with Gasteiger partial charge in [-0.25, -0.2) is 4.68 Å². The third-order valence-corrected chi connectivity index (χ3v) is 5.92. The molecule has 6 rings (SSSR count). The van der Waals surface area contributed by atoms with Gasteiger partial charge in [-0.3, -0.25) is 9.36 Å². The van der Waals surface area contributed by atoms with Crippen LogP contribution in [0, 0.1) is 13.8 Å². The van der Waals surface area contributed by atoms with Crippen LogP contribution < -0.4 is 10.5 Å². The predicted molar refractivity (Wildman–Crippen MR) is 107 cm³/mol. The number of rotatable bonds is 2. The van der Waals surface area contributed by atoms with Gasteiger partial charge >= 0.3 is 0 Å². The Hall–Kier alpha value is -2.19. The number of morpholine rings is 1. The van der Waals surface area contributed by atoms with Crippen LogP contribution in [0.2, 0.25) is 0 Å². The number of hydrogen-bond donors (Lipinski definition) is 0. The molecular formula is C19H20BrN5O2. The van der Waals surface area contributed by atoms with Crippen LogP contribution in [-0.2, 0) is 11.8 Å². The molecule has 3 saturated heterocycles. The van der Waals surface area contributed by atoms with Gasteiger partial charge in [0.15, 0.2) is 5.65 Å². The average molecular weight is 430 g/mol. The van der Waals surface area contributed by atoms with E-state index in [1.807, 2.05) is 26.0 Å². The van der Waals surface area contributed by atoms with Gasteiger partial charge in [0.25, 0.3) is 5.56 Å². The molecular weight excluding hydrogens is 410 g/mol. The second kappa shape index (κ2) is 5.90. The maximum Gasteiger partial charge on any atom is 0.265 e. The van der Waals surface area contributed by atoms with E-state index in [-0.39, 0.29) is 17.8 Å². The van der Waals surface area contributed by atoms with Crippen LogP contribution >= 0.6 is 15.9 Å². The van der Waals surface area contributed by atoms with Crippen molar-refractivity contribution >= 4 is 32.9 Å². The van der Waals surface area contributed by atoms with Crippen molar-refractivity contribution in [2.45, 2.75) is 32.5 Å². The van der Waals surface area contributed by atoms with Gasteiger partial charge in [-0.2, -0.15) is 4.98 Å². The zero-order valence-electron chi connectivity index (χ0n) is 15.4. The van der Waals surface area contributed by atoms with Crippen LogP contribution in [0.25, 0.3) is 16.7 Å². The lowest BCUT2D eigenvalue weighted by molar-refractivity contribution is -0.133. The Kier molecular flexibility index (Phi) is 3.70. The summed E-state index contributed by atoms with van der Waals surface area (Å²) in [7, 11) is 1.78. The summed E-state index contributed by atoms with van der Waals surface area (Å²) in [5.74, 6) is 0.667. The molecule has 5 heterocycles. The Morgan fingerprint density at radius 3 is 2.44 bits per heavy atom. The molecule has 3 fully saturated rings. The topological polar surface area (TPSA) is 65.2 Å². The molecule has 140 valence electrons. The molecule has 3 aromatic rings. The minimum Gasteiger partial charge on any atom is -0.371 e. The van der Waals surface area contributed by atoms with Crippen LogP contribution in [-0.4, -0.2) is 44.6 Å². The Labute approximate surface area is 164 Å². The third kappa shape index (κ3) is 2.62. The first kappa shape index (κ1) is 16.9. The molecule has 2 bridgehead atoms. The summed E-state index contributed by atoms with van der Waals surface area (Å²) in [4.78, 5) is 19.8. The molecule has 8 heteroatoms. The minimum atomic E-state index is -0.0752. The van der Waals surface area contributed by atoms with Crippen LogP contribution in [0.5, 0.6) is 0 Å². The van der Waals surface area contributed by atoms with Crippen molar-refractivity contribution in [1.29, 1.82) is 0 Å². The Morgan fingerprint density at radius 1 is 1.19 bits per heavy atom. The van der Waals surface area contributed by atoms with Crippen molar-refractivity contribution in [2.24, 2.45) is 7.05 Å². The normalized spacial score (nSPS) is 21.6. The van der Waals surface area contributed by atoms with E-state index < -0.39 is 0 Å². The molecule has 2 aromatic heterocycles. The summed E-state index contributed by atoms with van der Waals surface area (Å²) < 4.78 is 10.1. The van der Waals surface area contributed by atoms with Crippen molar-refractivity contribution in [2.75, 3.05) is 18.0 Å². The van der Waals surface area contributed by atoms with Gasteiger partial charge in [0.1, 0.15) is 5.39 Å². The highest BCUT2D eigenvalue weighted by atomic mass is 79.9. The number of halogens is 1. The lowest BCUT2D eigenvalue weighted by atomic mass is 9.99. The summed E-state index contributed by atoms with van der Waals surface area (Å²) in [5.41, 5.74) is 3.55. The van der Waals surface area contributed by atoms with Crippen LogP contribution in [0.3, 0.4) is 0 Å². The van der Waals surface area contributed by atoms with Crippen LogP contribution in [0.15, 0.2) is 27.6 Å². The lowest BCUT2D eigenvalue weighted by Gasteiger charge is -2.47. The fourth-order valence-corrected chi connectivity index (χ4v) is 4.91. The molecule has 2 unspecified atom stereocenters. The zero-order valence-corrected chi connectivity index (χ0v) is 17.0. The highest BCUT2D eigenvalue weighted by Gasteiger charge is 2.39. The van der Waals surface area contributed by atoms with E-state index in [0.29, 0.717) is 17.0 Å². The van der Waals surface area contributed by atoms with E-state index in [9.17, 15) is 4.79 Å². The number of benzene rings is 1. The van der Waals surface area contributed by atoms with Crippen molar-refractivity contribution in [1.82, 2.24) is 19.3 Å². The maximum absolute atomic E-state index is 13.0. The Bertz CT molecular complexity index is 1100. The second-order valence-corrected chi connectivity index (χ2v) is 8.41. The van der Waals surface area contributed by atoms with E-state index >= 15 is 0 Å². The van der Waals surface area contributed by atoms with Gasteiger partial charge in [0.2, 0.25) is 5.95 Å². The van der Waals surface area contributed by atoms with Crippen molar-refractivity contribution < 1.29 is 4.74 Å². The molecule has 0 amide bonds. The fourth-order valence-electron chi connectivity index (χ4n) is 4.22. The van der Waals surface area contributed by atoms with E-state index in [1.54, 1.807) is 22.5 Å². The number of aromatic nitrogens is 4. The number of piperidine rings is 1. The lowest BCUT2D eigenvalue weighted by Crippen LogP contribution is -2.58. The Balaban J connectivity index is 1.64. The monoisotopic (exact) mass is 429 g/mol. The average Bonchev–Trinajstić information content (AvgIpc) is 3.00. The summed E-state index contributed by atoms with van der Waals surface area (Å²) in [6, 6.07) is 4.09. The summed E-state index contributed by atoms with van der Waals surface area (Å²) in [6.07, 6.45) is 3.39. The van der Waals surface area contributed by atoms with Crippen molar-refractivity contribution in [3.8, 4) is 5.69 Å². The standard InChI is InChI=1S/C19H20BrN5O2/c1-10-4-12(20)5-11(2)16(10)25-9-15-17(22-25)21-19(23(3)18(15)26)24-7-13-6-14(8-24)27-13/h4-5,9,13-14H,6-8H2,1-3H3. The molecule has 1 aromatic carbocycles. The minimum absolute atomic E-state index is 0.0752. The van der Waals surface area contributed by atoms with Crippen LogP contribution in [0.1, 0.15) is 17.5 Å². The molecule has 0 saturated carbocycles. The third-order valence-electron chi connectivity index (χ3n) is 5.46. The molecule has 7 nitrogen and oxygen atoms in total. The fraction of sp³-hybridized carbons (Fsp3) is 0.421. The second-order valence-electron chi connectivity index (χ2n) is 7.50. The molecule has 0 radical (unpaired) electrons. The van der Waals surface area contributed by atoms with Crippen molar-refractivity contribution in [3.05, 3.63) is 44.3 Å².